The molecule has 0 unspecified atom stereocenters. The maximum absolute atomic E-state index is 12.0. The maximum atomic E-state index is 12.0. The molecule has 0 saturated heterocycles. The lowest BCUT2D eigenvalue weighted by molar-refractivity contribution is 0.226. The molecule has 0 aliphatic rings. The Balaban J connectivity index is 4.81. The van der Waals surface area contributed by atoms with Gasteiger partial charge in [0.2, 0.25) is 0 Å². The molecule has 0 saturated carbocycles. The van der Waals surface area contributed by atoms with E-state index < -0.39 is 7.60 Å². The zero-order chi connectivity index (χ0) is 11.0. The van der Waals surface area contributed by atoms with Gasteiger partial charge in [0, 0.05) is 6.54 Å². The topological polar surface area (TPSA) is 47.9 Å². The Morgan fingerprint density at radius 3 is 2.14 bits per heavy atom. The zero-order valence-electron chi connectivity index (χ0n) is 9.24. The third-order valence-corrected chi connectivity index (χ3v) is 3.53. The quantitative estimate of drug-likeness (QED) is 0.509. The molecule has 0 aromatic rings. The Kier molecular flexibility index (Phi) is 6.77. The van der Waals surface area contributed by atoms with Crippen LogP contribution in [0.15, 0.2) is 10.3 Å². The molecule has 0 spiro atoms. The highest BCUT2D eigenvalue weighted by Crippen LogP contribution is 2.54. The minimum Gasteiger partial charge on any atom is -0.305 e. The summed E-state index contributed by atoms with van der Waals surface area (Å²) in [5, 5.41) is 0.433. The molecular weight excluding hydrogens is 201 g/mol. The molecule has 0 aromatic heterocycles. The van der Waals surface area contributed by atoms with Gasteiger partial charge in [0.15, 0.2) is 0 Å². The van der Waals surface area contributed by atoms with E-state index in [0.29, 0.717) is 25.1 Å². The highest BCUT2D eigenvalue weighted by molar-refractivity contribution is 7.58. The van der Waals surface area contributed by atoms with Crippen molar-refractivity contribution in [3.63, 3.8) is 0 Å². The van der Waals surface area contributed by atoms with E-state index in [-0.39, 0.29) is 0 Å². The van der Waals surface area contributed by atoms with Crippen molar-refractivity contribution in [2.45, 2.75) is 27.7 Å². The number of hydrogen-bond donors (Lipinski definition) is 0. The summed E-state index contributed by atoms with van der Waals surface area (Å²) in [6, 6.07) is 0. The molecule has 0 radical (unpaired) electrons. The molecule has 4 nitrogen and oxygen atoms in total. The van der Waals surface area contributed by atoms with Crippen molar-refractivity contribution in [2.75, 3.05) is 19.8 Å². The van der Waals surface area contributed by atoms with Gasteiger partial charge in [-0.15, -0.1) is 0 Å². The van der Waals surface area contributed by atoms with Crippen molar-refractivity contribution in [2.24, 2.45) is 4.99 Å². The minimum atomic E-state index is -3.13. The molecule has 82 valence electrons. The number of nitrogens with zero attached hydrogens (tertiary/aromatic N) is 1. The molecule has 0 rings (SSSR count). The van der Waals surface area contributed by atoms with Crippen LogP contribution in [-0.2, 0) is 13.6 Å². The minimum absolute atomic E-state index is 0.350. The maximum Gasteiger partial charge on any atom is 0.366 e. The summed E-state index contributed by atoms with van der Waals surface area (Å²) in [6.07, 6.45) is 0. The predicted molar refractivity (Wildman–Crippen MR) is 58.0 cm³/mol. The van der Waals surface area contributed by atoms with Crippen molar-refractivity contribution in [3.8, 4) is 0 Å². The van der Waals surface area contributed by atoms with Crippen LogP contribution in [0.5, 0.6) is 0 Å². The van der Waals surface area contributed by atoms with E-state index in [9.17, 15) is 4.57 Å². The first-order chi connectivity index (χ1) is 6.60. The summed E-state index contributed by atoms with van der Waals surface area (Å²) >= 11 is 0. The van der Waals surface area contributed by atoms with Crippen molar-refractivity contribution in [1.29, 1.82) is 0 Å². The van der Waals surface area contributed by atoms with E-state index in [2.05, 4.69) is 10.9 Å². The highest BCUT2D eigenvalue weighted by atomic mass is 31.2. The third-order valence-electron chi connectivity index (χ3n) is 1.41. The molecule has 0 heterocycles. The average Bonchev–Trinajstić information content (AvgIpc) is 2.15. The van der Waals surface area contributed by atoms with Gasteiger partial charge in [-0.05, 0) is 33.6 Å². The van der Waals surface area contributed by atoms with Crippen LogP contribution in [0.4, 0.5) is 0 Å². The first-order valence-corrected chi connectivity index (χ1v) is 6.30. The second-order valence-corrected chi connectivity index (χ2v) is 4.69. The zero-order valence-corrected chi connectivity index (χ0v) is 10.1. The van der Waals surface area contributed by atoms with E-state index in [0.717, 1.165) is 0 Å². The Bertz CT molecular complexity index is 259. The van der Waals surface area contributed by atoms with Crippen LogP contribution >= 0.6 is 7.60 Å². The van der Waals surface area contributed by atoms with Gasteiger partial charge in [0.25, 0.3) is 0 Å². The molecule has 0 atom stereocenters. The molecule has 14 heavy (non-hydrogen) atoms. The second-order valence-electron chi connectivity index (χ2n) is 2.50. The molecule has 0 fully saturated rings. The number of rotatable bonds is 6. The van der Waals surface area contributed by atoms with Crippen LogP contribution in [0.3, 0.4) is 0 Å². The van der Waals surface area contributed by atoms with Gasteiger partial charge < -0.3 is 9.05 Å². The smallest absolute Gasteiger partial charge is 0.305 e. The SMILES string of the molecule is CCN=C=C(C)P(=O)(OCC)OCC. The van der Waals surface area contributed by atoms with Gasteiger partial charge in [0.1, 0.15) is 0 Å². The molecule has 0 aliphatic carbocycles. The lowest BCUT2D eigenvalue weighted by Gasteiger charge is -2.15. The first kappa shape index (κ1) is 13.6. The van der Waals surface area contributed by atoms with Crippen molar-refractivity contribution in [3.05, 3.63) is 5.31 Å². The first-order valence-electron chi connectivity index (χ1n) is 4.76. The summed E-state index contributed by atoms with van der Waals surface area (Å²) in [5.41, 5.74) is 0. The van der Waals surface area contributed by atoms with E-state index in [1.807, 2.05) is 6.92 Å². The summed E-state index contributed by atoms with van der Waals surface area (Å²) in [4.78, 5) is 3.88. The van der Waals surface area contributed by atoms with Crippen molar-refractivity contribution in [1.82, 2.24) is 0 Å². The Labute approximate surface area is 85.6 Å². The average molecular weight is 219 g/mol. The van der Waals surface area contributed by atoms with Crippen LogP contribution in [-0.4, -0.2) is 25.6 Å². The van der Waals surface area contributed by atoms with Gasteiger partial charge in [-0.25, -0.2) is 4.99 Å². The summed E-state index contributed by atoms with van der Waals surface area (Å²) in [6.45, 7) is 8.39. The van der Waals surface area contributed by atoms with Gasteiger partial charge in [-0.1, -0.05) is 0 Å². The van der Waals surface area contributed by atoms with Crippen LogP contribution in [0.25, 0.3) is 0 Å². The van der Waals surface area contributed by atoms with Gasteiger partial charge >= 0.3 is 7.60 Å². The molecule has 0 bridgehead atoms. The van der Waals surface area contributed by atoms with Crippen LogP contribution in [0.2, 0.25) is 0 Å². The summed E-state index contributed by atoms with van der Waals surface area (Å²) < 4.78 is 22.2. The fraction of sp³-hybridized carbons (Fsp3) is 0.778. The standard InChI is InChI=1S/C9H18NO3P/c1-5-10-8-9(4)14(11,12-6-2)13-7-3/h5-7H2,1-4H3. The number of allylic oxidation sites excluding steroid dienone is 1. The van der Waals surface area contributed by atoms with E-state index >= 15 is 0 Å². The van der Waals surface area contributed by atoms with E-state index in [4.69, 9.17) is 9.05 Å². The van der Waals surface area contributed by atoms with Crippen LogP contribution in [0, 0.1) is 0 Å². The molecular formula is C9H18NO3P. The molecule has 0 aromatic carbocycles. The Morgan fingerprint density at radius 1 is 1.29 bits per heavy atom. The molecule has 0 amide bonds. The van der Waals surface area contributed by atoms with Crippen LogP contribution in [0.1, 0.15) is 27.7 Å². The Morgan fingerprint density at radius 2 is 1.79 bits per heavy atom. The van der Waals surface area contributed by atoms with E-state index in [1.54, 1.807) is 20.8 Å². The second kappa shape index (κ2) is 6.97. The molecule has 0 aliphatic heterocycles. The summed E-state index contributed by atoms with van der Waals surface area (Å²) in [5.74, 6) is 2.67. The van der Waals surface area contributed by atoms with Crippen molar-refractivity contribution < 1.29 is 13.6 Å². The predicted octanol–water partition coefficient (Wildman–Crippen LogP) is 2.85. The van der Waals surface area contributed by atoms with Gasteiger partial charge in [0.05, 0.1) is 18.5 Å². The lowest BCUT2D eigenvalue weighted by atomic mass is 10.7. The van der Waals surface area contributed by atoms with E-state index in [1.165, 1.54) is 0 Å². The Hall–Kier alpha value is -0.400. The summed E-state index contributed by atoms with van der Waals surface area (Å²) in [7, 11) is -3.13. The fourth-order valence-electron chi connectivity index (χ4n) is 0.826. The normalized spacial score (nSPS) is 10.9. The number of aliphatic imine (C=N–C) groups is 1. The molecule has 0 N–H and O–H groups in total. The number of hydrogen-bond acceptors (Lipinski definition) is 4. The van der Waals surface area contributed by atoms with Gasteiger partial charge in [-0.3, -0.25) is 4.57 Å². The van der Waals surface area contributed by atoms with Crippen molar-refractivity contribution >= 4 is 13.5 Å². The highest BCUT2D eigenvalue weighted by Gasteiger charge is 2.26. The lowest BCUT2D eigenvalue weighted by Crippen LogP contribution is -1.97. The van der Waals surface area contributed by atoms with Gasteiger partial charge in [-0.2, -0.15) is 0 Å². The van der Waals surface area contributed by atoms with Crippen LogP contribution < -0.4 is 0 Å². The monoisotopic (exact) mass is 219 g/mol. The molecule has 5 heteroatoms. The third kappa shape index (κ3) is 4.21. The largest absolute Gasteiger partial charge is 0.366 e. The fourth-order valence-corrected chi connectivity index (χ4v) is 2.16.